The minimum Gasteiger partial charge on any atom is -0.0622 e. The van der Waals surface area contributed by atoms with E-state index in [2.05, 4.69) is 13.8 Å². The van der Waals surface area contributed by atoms with Gasteiger partial charge in [-0.2, -0.15) is 0 Å². The fourth-order valence-corrected chi connectivity index (χ4v) is 3.62. The second kappa shape index (κ2) is 3.40. The van der Waals surface area contributed by atoms with Crippen molar-refractivity contribution in [1.82, 2.24) is 0 Å². The second-order valence-electron chi connectivity index (χ2n) is 5.14. The fraction of sp³-hybridized carbons (Fsp3) is 1.00. The number of rotatable bonds is 0. The summed E-state index contributed by atoms with van der Waals surface area (Å²) in [5.41, 5.74) is 0. The largest absolute Gasteiger partial charge is 0.0622 e. The van der Waals surface area contributed by atoms with Crippen LogP contribution in [0.2, 0.25) is 0 Å². The van der Waals surface area contributed by atoms with E-state index in [1.165, 1.54) is 38.5 Å². The van der Waals surface area contributed by atoms with Crippen LogP contribution in [0.15, 0.2) is 0 Å². The van der Waals surface area contributed by atoms with Crippen LogP contribution in [-0.4, -0.2) is 0 Å². The molecule has 0 nitrogen and oxygen atoms in total. The van der Waals surface area contributed by atoms with Crippen molar-refractivity contribution in [3.8, 4) is 0 Å². The smallest absolute Gasteiger partial charge is 0.0358 e. The quantitative estimate of drug-likeness (QED) is 0.512. The highest BCUT2D eigenvalue weighted by molar-refractivity contribution is 4.86. The third-order valence-electron chi connectivity index (χ3n) is 4.41. The summed E-state index contributed by atoms with van der Waals surface area (Å²) >= 11 is 0. The van der Waals surface area contributed by atoms with E-state index in [-0.39, 0.29) is 0 Å². The van der Waals surface area contributed by atoms with Gasteiger partial charge in [0, 0.05) is 0 Å². The molecule has 2 saturated carbocycles. The Hall–Kier alpha value is 0. The summed E-state index contributed by atoms with van der Waals surface area (Å²) in [7, 11) is 0. The predicted octanol–water partition coefficient (Wildman–Crippen LogP) is 3.86. The Labute approximate surface area is 76.7 Å². The lowest BCUT2D eigenvalue weighted by molar-refractivity contribution is 0.0702. The summed E-state index contributed by atoms with van der Waals surface area (Å²) in [6.07, 6.45) is 9.10. The molecule has 0 bridgehead atoms. The van der Waals surface area contributed by atoms with Gasteiger partial charge in [-0.15, -0.1) is 0 Å². The molecule has 0 aromatic rings. The van der Waals surface area contributed by atoms with Crippen LogP contribution in [0.25, 0.3) is 0 Å². The van der Waals surface area contributed by atoms with Crippen LogP contribution < -0.4 is 0 Å². The minimum atomic E-state index is 1.03. The monoisotopic (exact) mass is 166 g/mol. The Kier molecular flexibility index (Phi) is 2.43. The second-order valence-corrected chi connectivity index (χ2v) is 5.14. The lowest BCUT2D eigenvalue weighted by Gasteiger charge is -2.43. The molecule has 0 aliphatic heterocycles. The molecular weight excluding hydrogens is 144 g/mol. The Balaban J connectivity index is 2.05. The summed E-state index contributed by atoms with van der Waals surface area (Å²) < 4.78 is 0. The van der Waals surface area contributed by atoms with Crippen molar-refractivity contribution in [2.45, 2.75) is 52.4 Å². The minimum absolute atomic E-state index is 1.03. The average molecular weight is 166 g/mol. The molecule has 0 amide bonds. The third kappa shape index (κ3) is 1.41. The Morgan fingerprint density at radius 2 is 1.08 bits per heavy atom. The van der Waals surface area contributed by atoms with Gasteiger partial charge in [0.05, 0.1) is 0 Å². The van der Waals surface area contributed by atoms with Crippen LogP contribution in [0.5, 0.6) is 0 Å². The molecule has 0 aromatic heterocycles. The highest BCUT2D eigenvalue weighted by Crippen LogP contribution is 2.46. The lowest BCUT2D eigenvalue weighted by Crippen LogP contribution is -2.34. The van der Waals surface area contributed by atoms with Gasteiger partial charge in [-0.1, -0.05) is 39.5 Å². The highest BCUT2D eigenvalue weighted by Gasteiger charge is 2.35. The van der Waals surface area contributed by atoms with Gasteiger partial charge in [0.25, 0.3) is 0 Å². The van der Waals surface area contributed by atoms with Gasteiger partial charge in [0.15, 0.2) is 0 Å². The molecule has 2 aliphatic rings. The van der Waals surface area contributed by atoms with Gasteiger partial charge < -0.3 is 0 Å². The molecule has 0 heterocycles. The summed E-state index contributed by atoms with van der Waals surface area (Å²) in [6, 6.07) is 0. The van der Waals surface area contributed by atoms with Crippen LogP contribution in [0.3, 0.4) is 0 Å². The predicted molar refractivity (Wildman–Crippen MR) is 53.0 cm³/mol. The molecule has 0 saturated heterocycles. The summed E-state index contributed by atoms with van der Waals surface area (Å²) in [5.74, 6) is 4.27. The summed E-state index contributed by atoms with van der Waals surface area (Å²) in [6.45, 7) is 4.96. The van der Waals surface area contributed by atoms with E-state index in [1.807, 2.05) is 0 Å². The van der Waals surface area contributed by atoms with Gasteiger partial charge in [0.2, 0.25) is 0 Å². The van der Waals surface area contributed by atoms with Crippen molar-refractivity contribution in [2.75, 3.05) is 0 Å². The average Bonchev–Trinajstić information content (AvgIpc) is 2.07. The molecule has 0 radical (unpaired) electrons. The van der Waals surface area contributed by atoms with Crippen molar-refractivity contribution >= 4 is 0 Å². The molecule has 0 N–H and O–H groups in total. The molecule has 0 aromatic carbocycles. The fourth-order valence-electron chi connectivity index (χ4n) is 3.62. The standard InChI is InChI=1S/C12H22/c1-9-5-3-8-12-10(2)6-4-7-11(9)12/h9-12H,3-8H2,1-2H3/t9?,10?,11-,12-/m0/s1. The first kappa shape index (κ1) is 8.59. The van der Waals surface area contributed by atoms with Gasteiger partial charge in [0.1, 0.15) is 0 Å². The summed E-state index contributed by atoms with van der Waals surface area (Å²) in [4.78, 5) is 0. The highest BCUT2D eigenvalue weighted by atomic mass is 14.4. The molecule has 70 valence electrons. The first-order valence-electron chi connectivity index (χ1n) is 5.79. The molecule has 12 heavy (non-hydrogen) atoms. The molecule has 2 unspecified atom stereocenters. The lowest BCUT2D eigenvalue weighted by atomic mass is 9.62. The maximum atomic E-state index is 2.48. The number of fused-ring (bicyclic) bond motifs is 1. The van der Waals surface area contributed by atoms with Gasteiger partial charge >= 0.3 is 0 Å². The van der Waals surface area contributed by atoms with E-state index in [0.717, 1.165) is 23.7 Å². The normalized spacial score (nSPS) is 48.5. The molecular formula is C12H22. The molecule has 4 atom stereocenters. The van der Waals surface area contributed by atoms with Gasteiger partial charge in [-0.3, -0.25) is 0 Å². The Morgan fingerprint density at radius 1 is 0.667 bits per heavy atom. The Morgan fingerprint density at radius 3 is 1.50 bits per heavy atom. The van der Waals surface area contributed by atoms with Crippen LogP contribution >= 0.6 is 0 Å². The molecule has 0 spiro atoms. The maximum absolute atomic E-state index is 2.48. The van der Waals surface area contributed by atoms with E-state index in [1.54, 1.807) is 0 Å². The third-order valence-corrected chi connectivity index (χ3v) is 4.41. The zero-order valence-corrected chi connectivity index (χ0v) is 8.55. The van der Waals surface area contributed by atoms with E-state index >= 15 is 0 Å². The van der Waals surface area contributed by atoms with E-state index in [9.17, 15) is 0 Å². The first-order chi connectivity index (χ1) is 5.79. The molecule has 0 heteroatoms. The van der Waals surface area contributed by atoms with Crippen molar-refractivity contribution < 1.29 is 0 Å². The van der Waals surface area contributed by atoms with E-state index < -0.39 is 0 Å². The number of hydrogen-bond donors (Lipinski definition) is 0. The van der Waals surface area contributed by atoms with E-state index in [0.29, 0.717) is 0 Å². The maximum Gasteiger partial charge on any atom is -0.0358 e. The summed E-state index contributed by atoms with van der Waals surface area (Å²) in [5, 5.41) is 0. The van der Waals surface area contributed by atoms with Gasteiger partial charge in [-0.05, 0) is 36.5 Å². The first-order valence-corrected chi connectivity index (χ1v) is 5.79. The zero-order valence-electron chi connectivity index (χ0n) is 8.55. The molecule has 2 fully saturated rings. The Bertz CT molecular complexity index is 132. The SMILES string of the molecule is CC1CCC[C@H]2C(C)CCC[C@@H]12. The van der Waals surface area contributed by atoms with Crippen LogP contribution in [0.4, 0.5) is 0 Å². The van der Waals surface area contributed by atoms with Crippen molar-refractivity contribution in [1.29, 1.82) is 0 Å². The van der Waals surface area contributed by atoms with E-state index in [4.69, 9.17) is 0 Å². The number of hydrogen-bond acceptors (Lipinski definition) is 0. The van der Waals surface area contributed by atoms with Crippen LogP contribution in [0, 0.1) is 23.7 Å². The van der Waals surface area contributed by atoms with Crippen LogP contribution in [-0.2, 0) is 0 Å². The molecule has 2 aliphatic carbocycles. The van der Waals surface area contributed by atoms with Crippen molar-refractivity contribution in [3.05, 3.63) is 0 Å². The molecule has 2 rings (SSSR count). The zero-order chi connectivity index (χ0) is 8.55. The van der Waals surface area contributed by atoms with Crippen molar-refractivity contribution in [2.24, 2.45) is 23.7 Å². The van der Waals surface area contributed by atoms with Crippen molar-refractivity contribution in [3.63, 3.8) is 0 Å². The van der Waals surface area contributed by atoms with Crippen LogP contribution in [0.1, 0.15) is 52.4 Å². The topological polar surface area (TPSA) is 0 Å². The van der Waals surface area contributed by atoms with Gasteiger partial charge in [-0.25, -0.2) is 0 Å².